The van der Waals surface area contributed by atoms with Gasteiger partial charge in [0.2, 0.25) is 0 Å². The van der Waals surface area contributed by atoms with Gasteiger partial charge in [-0.25, -0.2) is 15.0 Å². The monoisotopic (exact) mass is 376 g/mol. The van der Waals surface area contributed by atoms with Crippen molar-refractivity contribution >= 4 is 27.4 Å². The molecule has 0 aromatic carbocycles. The average Bonchev–Trinajstić information content (AvgIpc) is 3.38. The maximum Gasteiger partial charge on any atom is 0.150 e. The van der Waals surface area contributed by atoms with Crippen molar-refractivity contribution in [2.75, 3.05) is 18.0 Å². The summed E-state index contributed by atoms with van der Waals surface area (Å²) in [6, 6.07) is 6.15. The molecule has 1 saturated heterocycles. The minimum atomic E-state index is 0.399. The number of pyridine rings is 1. The lowest BCUT2D eigenvalue weighted by Gasteiger charge is -2.33. The first-order chi connectivity index (χ1) is 13.4. The minimum Gasteiger partial charge on any atom is -0.355 e. The molecule has 0 radical (unpaired) electrons. The summed E-state index contributed by atoms with van der Waals surface area (Å²) in [7, 11) is 0. The Labute approximate surface area is 161 Å². The van der Waals surface area contributed by atoms with Crippen molar-refractivity contribution in [3.63, 3.8) is 0 Å². The molecule has 5 heterocycles. The Morgan fingerprint density at radius 1 is 1.15 bits per heavy atom. The van der Waals surface area contributed by atoms with E-state index in [4.69, 9.17) is 4.98 Å². The highest BCUT2D eigenvalue weighted by Gasteiger charge is 2.26. The van der Waals surface area contributed by atoms with Crippen LogP contribution in [0.5, 0.6) is 0 Å². The van der Waals surface area contributed by atoms with Gasteiger partial charge in [0.05, 0.1) is 16.8 Å². The van der Waals surface area contributed by atoms with Crippen LogP contribution in [0.3, 0.4) is 0 Å². The SMILES string of the molecule is c1cncc(Cn2ccnc2[C@@H]2CCCN(c3ncnc4ccsc34)C2)c1. The van der Waals surface area contributed by atoms with Gasteiger partial charge in [-0.3, -0.25) is 4.98 Å². The molecule has 1 aliphatic rings. The number of rotatable bonds is 4. The minimum absolute atomic E-state index is 0.399. The second-order valence-corrected chi connectivity index (χ2v) is 7.81. The van der Waals surface area contributed by atoms with Gasteiger partial charge in [-0.2, -0.15) is 0 Å². The van der Waals surface area contributed by atoms with E-state index in [2.05, 4.69) is 48.1 Å². The van der Waals surface area contributed by atoms with Crippen LogP contribution < -0.4 is 4.90 Å². The van der Waals surface area contributed by atoms with Crippen molar-refractivity contribution in [1.82, 2.24) is 24.5 Å². The van der Waals surface area contributed by atoms with E-state index >= 15 is 0 Å². The van der Waals surface area contributed by atoms with Gasteiger partial charge in [0.15, 0.2) is 0 Å². The third-order valence-corrected chi connectivity index (χ3v) is 6.03. The molecule has 136 valence electrons. The molecule has 0 N–H and O–H groups in total. The molecule has 0 spiro atoms. The maximum atomic E-state index is 4.70. The zero-order valence-electron chi connectivity index (χ0n) is 14.9. The molecule has 6 nitrogen and oxygen atoms in total. The number of thiophene rings is 1. The summed E-state index contributed by atoms with van der Waals surface area (Å²) in [4.78, 5) is 20.3. The van der Waals surface area contributed by atoms with Gasteiger partial charge >= 0.3 is 0 Å². The first-order valence-corrected chi connectivity index (χ1v) is 10.1. The van der Waals surface area contributed by atoms with Crippen LogP contribution in [-0.4, -0.2) is 37.6 Å². The third kappa shape index (κ3) is 3.19. The van der Waals surface area contributed by atoms with Gasteiger partial charge in [0.25, 0.3) is 0 Å². The lowest BCUT2D eigenvalue weighted by atomic mass is 9.97. The zero-order valence-corrected chi connectivity index (χ0v) is 15.7. The molecule has 0 bridgehead atoms. The highest BCUT2D eigenvalue weighted by atomic mass is 32.1. The van der Waals surface area contributed by atoms with Gasteiger partial charge in [0.1, 0.15) is 18.0 Å². The Bertz CT molecular complexity index is 1040. The first kappa shape index (κ1) is 16.4. The van der Waals surface area contributed by atoms with Crippen LogP contribution in [0, 0.1) is 0 Å². The second kappa shape index (κ2) is 7.08. The quantitative estimate of drug-likeness (QED) is 0.543. The van der Waals surface area contributed by atoms with E-state index in [1.54, 1.807) is 17.7 Å². The Kier molecular flexibility index (Phi) is 4.29. The van der Waals surface area contributed by atoms with Crippen molar-refractivity contribution in [3.8, 4) is 0 Å². The molecule has 0 saturated carbocycles. The summed E-state index contributed by atoms with van der Waals surface area (Å²) in [6.45, 7) is 2.78. The second-order valence-electron chi connectivity index (χ2n) is 6.89. The summed E-state index contributed by atoms with van der Waals surface area (Å²) in [5, 5.41) is 2.09. The normalized spacial score (nSPS) is 17.5. The average molecular weight is 376 g/mol. The molecule has 0 amide bonds. The van der Waals surface area contributed by atoms with Crippen LogP contribution in [0.1, 0.15) is 30.1 Å². The van der Waals surface area contributed by atoms with Gasteiger partial charge in [-0.1, -0.05) is 6.07 Å². The summed E-state index contributed by atoms with van der Waals surface area (Å²) in [6.07, 6.45) is 11.7. The van der Waals surface area contributed by atoms with Crippen molar-refractivity contribution in [2.24, 2.45) is 0 Å². The molecule has 0 aliphatic carbocycles. The zero-order chi connectivity index (χ0) is 18.1. The van der Waals surface area contributed by atoms with Crippen molar-refractivity contribution in [3.05, 3.63) is 66.1 Å². The van der Waals surface area contributed by atoms with Crippen LogP contribution in [0.25, 0.3) is 10.2 Å². The van der Waals surface area contributed by atoms with Gasteiger partial charge < -0.3 is 9.47 Å². The van der Waals surface area contributed by atoms with E-state index in [-0.39, 0.29) is 0 Å². The first-order valence-electron chi connectivity index (χ1n) is 9.21. The van der Waals surface area contributed by atoms with Crippen LogP contribution in [0.2, 0.25) is 0 Å². The summed E-state index contributed by atoms with van der Waals surface area (Å²) in [5.41, 5.74) is 2.23. The van der Waals surface area contributed by atoms with Crippen LogP contribution in [0.4, 0.5) is 5.82 Å². The molecule has 1 atom stereocenters. The molecule has 0 unspecified atom stereocenters. The lowest BCUT2D eigenvalue weighted by Crippen LogP contribution is -2.36. The number of anilines is 1. The van der Waals surface area contributed by atoms with Gasteiger partial charge in [-0.05, 0) is 35.9 Å². The van der Waals surface area contributed by atoms with Crippen molar-refractivity contribution < 1.29 is 0 Å². The van der Waals surface area contributed by atoms with Crippen molar-refractivity contribution in [2.45, 2.75) is 25.3 Å². The van der Waals surface area contributed by atoms with Crippen molar-refractivity contribution in [1.29, 1.82) is 0 Å². The van der Waals surface area contributed by atoms with Gasteiger partial charge in [0, 0.05) is 43.8 Å². The Morgan fingerprint density at radius 2 is 2.15 bits per heavy atom. The van der Waals surface area contributed by atoms with Crippen LogP contribution in [-0.2, 0) is 6.54 Å². The molecular formula is C20H20N6S. The molecule has 7 heteroatoms. The van der Waals surface area contributed by atoms with E-state index in [1.807, 2.05) is 24.7 Å². The van der Waals surface area contributed by atoms with Crippen LogP contribution in [0.15, 0.2) is 54.7 Å². The number of hydrogen-bond acceptors (Lipinski definition) is 6. The number of piperidine rings is 1. The molecule has 1 aliphatic heterocycles. The summed E-state index contributed by atoms with van der Waals surface area (Å²) in [5.74, 6) is 2.61. The van der Waals surface area contributed by atoms with E-state index < -0.39 is 0 Å². The molecule has 5 rings (SSSR count). The molecule has 4 aromatic heterocycles. The molecular weight excluding hydrogens is 356 g/mol. The predicted molar refractivity (Wildman–Crippen MR) is 107 cm³/mol. The highest BCUT2D eigenvalue weighted by Crippen LogP contribution is 2.33. The number of hydrogen-bond donors (Lipinski definition) is 0. The third-order valence-electron chi connectivity index (χ3n) is 5.13. The van der Waals surface area contributed by atoms with E-state index in [0.29, 0.717) is 5.92 Å². The fraction of sp³-hybridized carbons (Fsp3) is 0.300. The topological polar surface area (TPSA) is 59.7 Å². The number of imidazole rings is 1. The summed E-state index contributed by atoms with van der Waals surface area (Å²) >= 11 is 1.72. The van der Waals surface area contributed by atoms with E-state index in [0.717, 1.165) is 49.6 Å². The molecule has 4 aromatic rings. The van der Waals surface area contributed by atoms with Gasteiger partial charge in [-0.15, -0.1) is 11.3 Å². The largest absolute Gasteiger partial charge is 0.355 e. The molecule has 1 fully saturated rings. The standard InChI is InChI=1S/C20H20N6S/c1-3-15(11-21-6-1)12-26-9-7-22-19(26)16-4-2-8-25(13-16)20-18-17(5-10-27-18)23-14-24-20/h1,3,5-7,9-11,14,16H,2,4,8,12-13H2/t16-/m1/s1. The Morgan fingerprint density at radius 3 is 3.07 bits per heavy atom. The molecule has 27 heavy (non-hydrogen) atoms. The Hall–Kier alpha value is -2.80. The van der Waals surface area contributed by atoms with Crippen LogP contribution >= 0.6 is 11.3 Å². The summed E-state index contributed by atoms with van der Waals surface area (Å²) < 4.78 is 3.43. The fourth-order valence-electron chi connectivity index (χ4n) is 3.88. The lowest BCUT2D eigenvalue weighted by molar-refractivity contribution is 0.475. The Balaban J connectivity index is 1.41. The predicted octanol–water partition coefficient (Wildman–Crippen LogP) is 3.72. The smallest absolute Gasteiger partial charge is 0.150 e. The number of nitrogens with zero attached hydrogens (tertiary/aromatic N) is 6. The number of aromatic nitrogens is 5. The fourth-order valence-corrected chi connectivity index (χ4v) is 4.75. The number of fused-ring (bicyclic) bond motifs is 1. The van der Waals surface area contributed by atoms with E-state index in [1.165, 1.54) is 10.3 Å². The van der Waals surface area contributed by atoms with E-state index in [9.17, 15) is 0 Å². The highest BCUT2D eigenvalue weighted by molar-refractivity contribution is 7.17. The maximum absolute atomic E-state index is 4.70.